The molecule has 166 valence electrons. The molecule has 0 atom stereocenters. The summed E-state index contributed by atoms with van der Waals surface area (Å²) in [6.07, 6.45) is 5.11. The summed E-state index contributed by atoms with van der Waals surface area (Å²) in [4.78, 5) is 34.2. The number of aromatic nitrogens is 2. The Morgan fingerprint density at radius 1 is 1.03 bits per heavy atom. The van der Waals surface area contributed by atoms with Crippen LogP contribution < -0.4 is 10.2 Å². The molecule has 1 amide bonds. The summed E-state index contributed by atoms with van der Waals surface area (Å²) in [5, 5.41) is 3.47. The molecule has 4 heterocycles. The largest absolute Gasteiger partial charge is 0.459 e. The van der Waals surface area contributed by atoms with Crippen molar-refractivity contribution in [2.75, 3.05) is 77.4 Å². The monoisotopic (exact) mass is 426 g/mol. The van der Waals surface area contributed by atoms with Crippen molar-refractivity contribution in [3.05, 3.63) is 42.6 Å². The maximum absolute atomic E-state index is 12.4. The molecule has 10 nitrogen and oxygen atoms in total. The Kier molecular flexibility index (Phi) is 6.98. The number of nitrogens with zero attached hydrogens (tertiary/aromatic N) is 7. The van der Waals surface area contributed by atoms with Crippen LogP contribution in [0.3, 0.4) is 0 Å². The van der Waals surface area contributed by atoms with Gasteiger partial charge in [0.2, 0.25) is 5.95 Å². The summed E-state index contributed by atoms with van der Waals surface area (Å²) in [7, 11) is 1.81. The SMILES string of the molecule is CN=C(NCCN1CCN(c2ncccn2)CC1)N1CCN(C(=O)c2ccco2)CC1. The molecule has 0 bridgehead atoms. The predicted octanol–water partition coefficient (Wildman–Crippen LogP) is 0.225. The molecule has 31 heavy (non-hydrogen) atoms. The summed E-state index contributed by atoms with van der Waals surface area (Å²) >= 11 is 0. The standard InChI is InChI=1S/C21H30N8O2/c1-22-20(28-15-13-27(14-16-28)19(30)18-4-2-17-31-18)25-7-8-26-9-11-29(12-10-26)21-23-5-3-6-24-21/h2-6,17H,7-16H2,1H3,(H,22,25). The molecule has 0 unspecified atom stereocenters. The van der Waals surface area contributed by atoms with E-state index in [4.69, 9.17) is 4.42 Å². The molecular formula is C21H30N8O2. The van der Waals surface area contributed by atoms with E-state index < -0.39 is 0 Å². The Bertz CT molecular complexity index is 842. The van der Waals surface area contributed by atoms with Gasteiger partial charge in [0.05, 0.1) is 6.26 Å². The minimum Gasteiger partial charge on any atom is -0.459 e. The molecule has 10 heteroatoms. The first kappa shape index (κ1) is 21.1. The van der Waals surface area contributed by atoms with Gasteiger partial charge in [0, 0.05) is 84.9 Å². The van der Waals surface area contributed by atoms with E-state index in [0.717, 1.165) is 64.3 Å². The average molecular weight is 427 g/mol. The molecule has 2 aromatic rings. The van der Waals surface area contributed by atoms with Crippen molar-refractivity contribution in [1.29, 1.82) is 0 Å². The van der Waals surface area contributed by atoms with Crippen LogP contribution in [0.1, 0.15) is 10.6 Å². The van der Waals surface area contributed by atoms with Crippen LogP contribution in [0.25, 0.3) is 0 Å². The maximum atomic E-state index is 12.4. The Balaban J connectivity index is 1.17. The zero-order valence-electron chi connectivity index (χ0n) is 18.0. The molecule has 4 rings (SSSR count). The first-order chi connectivity index (χ1) is 15.2. The molecule has 0 spiro atoms. The fraction of sp³-hybridized carbons (Fsp3) is 0.524. The topological polar surface area (TPSA) is 93.3 Å². The number of rotatable bonds is 5. The van der Waals surface area contributed by atoms with E-state index in [2.05, 4.69) is 35.0 Å². The van der Waals surface area contributed by atoms with E-state index in [1.54, 1.807) is 31.6 Å². The number of amides is 1. The second-order valence-corrected chi connectivity index (χ2v) is 7.61. The van der Waals surface area contributed by atoms with Gasteiger partial charge in [-0.3, -0.25) is 14.7 Å². The minimum atomic E-state index is -0.0485. The van der Waals surface area contributed by atoms with Gasteiger partial charge in [0.15, 0.2) is 11.7 Å². The van der Waals surface area contributed by atoms with Crippen molar-refractivity contribution in [3.63, 3.8) is 0 Å². The molecule has 2 saturated heterocycles. The van der Waals surface area contributed by atoms with E-state index in [0.29, 0.717) is 18.8 Å². The number of anilines is 1. The van der Waals surface area contributed by atoms with Gasteiger partial charge in [-0.25, -0.2) is 9.97 Å². The number of piperazine rings is 2. The summed E-state index contributed by atoms with van der Waals surface area (Å²) in [5.41, 5.74) is 0. The molecule has 0 saturated carbocycles. The number of guanidine groups is 1. The Morgan fingerprint density at radius 2 is 1.74 bits per heavy atom. The van der Waals surface area contributed by atoms with Crippen molar-refractivity contribution in [3.8, 4) is 0 Å². The fourth-order valence-electron chi connectivity index (χ4n) is 3.96. The van der Waals surface area contributed by atoms with Crippen LogP contribution in [0.15, 0.2) is 46.3 Å². The quantitative estimate of drug-likeness (QED) is 0.536. The molecule has 2 aliphatic rings. The molecule has 0 aliphatic carbocycles. The first-order valence-electron chi connectivity index (χ1n) is 10.8. The van der Waals surface area contributed by atoms with Crippen molar-refractivity contribution in [2.45, 2.75) is 0 Å². The van der Waals surface area contributed by atoms with E-state index in [-0.39, 0.29) is 5.91 Å². The van der Waals surface area contributed by atoms with E-state index in [1.165, 1.54) is 6.26 Å². The van der Waals surface area contributed by atoms with Crippen molar-refractivity contribution < 1.29 is 9.21 Å². The van der Waals surface area contributed by atoms with E-state index in [9.17, 15) is 4.79 Å². The predicted molar refractivity (Wildman–Crippen MR) is 118 cm³/mol. The van der Waals surface area contributed by atoms with Gasteiger partial charge in [0.25, 0.3) is 5.91 Å². The van der Waals surface area contributed by atoms with Gasteiger partial charge in [-0.2, -0.15) is 0 Å². The molecule has 0 aromatic carbocycles. The van der Waals surface area contributed by atoms with Crippen molar-refractivity contribution in [2.24, 2.45) is 4.99 Å². The molecule has 2 fully saturated rings. The lowest BCUT2D eigenvalue weighted by molar-refractivity contribution is 0.0657. The van der Waals surface area contributed by atoms with Crippen LogP contribution in [0, 0.1) is 0 Å². The third kappa shape index (κ3) is 5.32. The van der Waals surface area contributed by atoms with Crippen LogP contribution in [-0.4, -0.2) is 109 Å². The number of carbonyl (C=O) groups is 1. The van der Waals surface area contributed by atoms with Crippen LogP contribution in [0.5, 0.6) is 0 Å². The number of furan rings is 1. The second kappa shape index (κ2) is 10.3. The summed E-state index contributed by atoms with van der Waals surface area (Å²) in [6, 6.07) is 5.29. The number of aliphatic imine (C=N–C) groups is 1. The van der Waals surface area contributed by atoms with E-state index >= 15 is 0 Å². The lowest BCUT2D eigenvalue weighted by Gasteiger charge is -2.37. The molecular weight excluding hydrogens is 396 g/mol. The normalized spacial score (nSPS) is 18.4. The third-order valence-electron chi connectivity index (χ3n) is 5.73. The smallest absolute Gasteiger partial charge is 0.289 e. The number of carbonyl (C=O) groups excluding carboxylic acids is 1. The summed E-state index contributed by atoms with van der Waals surface area (Å²) < 4.78 is 5.23. The highest BCUT2D eigenvalue weighted by Crippen LogP contribution is 2.10. The minimum absolute atomic E-state index is 0.0485. The lowest BCUT2D eigenvalue weighted by Crippen LogP contribution is -2.55. The summed E-state index contributed by atoms with van der Waals surface area (Å²) in [6.45, 7) is 8.46. The molecule has 2 aromatic heterocycles. The van der Waals surface area contributed by atoms with Crippen LogP contribution >= 0.6 is 0 Å². The highest BCUT2D eigenvalue weighted by molar-refractivity contribution is 5.91. The number of hydrogen-bond donors (Lipinski definition) is 1. The van der Waals surface area contributed by atoms with Crippen LogP contribution in [-0.2, 0) is 0 Å². The van der Waals surface area contributed by atoms with Crippen LogP contribution in [0.2, 0.25) is 0 Å². The Morgan fingerprint density at radius 3 is 2.39 bits per heavy atom. The molecule has 0 radical (unpaired) electrons. The van der Waals surface area contributed by atoms with E-state index in [1.807, 2.05) is 11.0 Å². The first-order valence-corrected chi connectivity index (χ1v) is 10.8. The Labute approximate surface area is 182 Å². The molecule has 2 aliphatic heterocycles. The zero-order valence-corrected chi connectivity index (χ0v) is 18.0. The lowest BCUT2D eigenvalue weighted by atomic mass is 10.3. The molecule has 1 N–H and O–H groups in total. The van der Waals surface area contributed by atoms with Crippen molar-refractivity contribution in [1.82, 2.24) is 30.0 Å². The van der Waals surface area contributed by atoms with Gasteiger partial charge in [-0.05, 0) is 18.2 Å². The zero-order chi connectivity index (χ0) is 21.5. The van der Waals surface area contributed by atoms with Crippen molar-refractivity contribution >= 4 is 17.8 Å². The highest BCUT2D eigenvalue weighted by Gasteiger charge is 2.25. The summed E-state index contributed by atoms with van der Waals surface area (Å²) in [5.74, 6) is 2.05. The maximum Gasteiger partial charge on any atom is 0.289 e. The van der Waals surface area contributed by atoms with Gasteiger partial charge in [-0.15, -0.1) is 0 Å². The average Bonchev–Trinajstić information content (AvgIpc) is 3.38. The fourth-order valence-corrected chi connectivity index (χ4v) is 3.96. The second-order valence-electron chi connectivity index (χ2n) is 7.61. The van der Waals surface area contributed by atoms with Gasteiger partial charge in [-0.1, -0.05) is 0 Å². The highest BCUT2D eigenvalue weighted by atomic mass is 16.3. The number of nitrogens with one attached hydrogen (secondary N) is 1. The van der Waals surface area contributed by atoms with Crippen LogP contribution in [0.4, 0.5) is 5.95 Å². The van der Waals surface area contributed by atoms with Gasteiger partial charge < -0.3 is 24.4 Å². The van der Waals surface area contributed by atoms with Gasteiger partial charge in [0.1, 0.15) is 0 Å². The third-order valence-corrected chi connectivity index (χ3v) is 5.73. The Hall–Kier alpha value is -3.14. The number of hydrogen-bond acceptors (Lipinski definition) is 7. The van der Waals surface area contributed by atoms with Gasteiger partial charge >= 0.3 is 0 Å².